The highest BCUT2D eigenvalue weighted by Gasteiger charge is 2.02. The van der Waals surface area contributed by atoms with E-state index < -0.39 is 13.8 Å². The summed E-state index contributed by atoms with van der Waals surface area (Å²) in [5.74, 6) is 0.194. The lowest BCUT2D eigenvalue weighted by Gasteiger charge is -2.27. The standard InChI is InChI=1S/C8H9N2O3P/c11-14(12,13)5-8-9-6-3-1-2-4-7(6)10-8/h1-4H,5H2,(H,9,10)(H2,11,12,13)/p-2. The van der Waals surface area contributed by atoms with Gasteiger partial charge in [0.1, 0.15) is 5.82 Å². The number of aromatic amines is 1. The Balaban J connectivity index is 2.41. The van der Waals surface area contributed by atoms with E-state index in [-0.39, 0.29) is 5.82 Å². The van der Waals surface area contributed by atoms with Crippen molar-refractivity contribution in [2.45, 2.75) is 6.16 Å². The van der Waals surface area contributed by atoms with Crippen LogP contribution in [0, 0.1) is 0 Å². The molecule has 0 saturated carbocycles. The third kappa shape index (κ3) is 2.01. The summed E-state index contributed by atoms with van der Waals surface area (Å²) in [6.07, 6.45) is -0.568. The highest BCUT2D eigenvalue weighted by Crippen LogP contribution is 2.28. The molecule has 1 N–H and O–H groups in total. The molecule has 1 heterocycles. The fourth-order valence-corrected chi connectivity index (χ4v) is 1.78. The van der Waals surface area contributed by atoms with E-state index >= 15 is 0 Å². The van der Waals surface area contributed by atoms with Crippen molar-refractivity contribution in [3.63, 3.8) is 0 Å². The minimum atomic E-state index is -4.54. The smallest absolute Gasteiger partial charge is 0.112 e. The molecule has 0 fully saturated rings. The van der Waals surface area contributed by atoms with Crippen molar-refractivity contribution in [3.05, 3.63) is 30.1 Å². The van der Waals surface area contributed by atoms with Gasteiger partial charge in [0.2, 0.25) is 0 Å². The highest BCUT2D eigenvalue weighted by atomic mass is 31.2. The number of nitrogens with one attached hydrogen (secondary N) is 1. The molecule has 2 rings (SSSR count). The fraction of sp³-hybridized carbons (Fsp3) is 0.125. The summed E-state index contributed by atoms with van der Waals surface area (Å²) >= 11 is 0. The molecule has 0 aliphatic carbocycles. The van der Waals surface area contributed by atoms with Gasteiger partial charge in [0.25, 0.3) is 0 Å². The molecule has 0 unspecified atom stereocenters. The van der Waals surface area contributed by atoms with Crippen molar-refractivity contribution in [3.8, 4) is 0 Å². The lowest BCUT2D eigenvalue weighted by Crippen LogP contribution is -2.15. The van der Waals surface area contributed by atoms with Gasteiger partial charge in [-0.15, -0.1) is 0 Å². The van der Waals surface area contributed by atoms with Crippen LogP contribution in [-0.4, -0.2) is 9.97 Å². The number of imidazole rings is 1. The molecule has 0 aliphatic heterocycles. The number of fused-ring (bicyclic) bond motifs is 1. The minimum absolute atomic E-state index is 0.194. The molecule has 0 bridgehead atoms. The largest absolute Gasteiger partial charge is 0.810 e. The van der Waals surface area contributed by atoms with Crippen LogP contribution < -0.4 is 9.79 Å². The summed E-state index contributed by atoms with van der Waals surface area (Å²) in [5.41, 5.74) is 1.40. The Kier molecular flexibility index (Phi) is 2.15. The van der Waals surface area contributed by atoms with Crippen LogP contribution in [0.15, 0.2) is 24.3 Å². The second-order valence-electron chi connectivity index (χ2n) is 2.97. The van der Waals surface area contributed by atoms with E-state index in [9.17, 15) is 14.4 Å². The first-order valence-electron chi connectivity index (χ1n) is 3.99. The average Bonchev–Trinajstić information content (AvgIpc) is 2.42. The van der Waals surface area contributed by atoms with Crippen LogP contribution in [0.3, 0.4) is 0 Å². The molecule has 0 atom stereocenters. The van der Waals surface area contributed by atoms with Crippen LogP contribution in [0.25, 0.3) is 11.0 Å². The number of hydrogen-bond acceptors (Lipinski definition) is 4. The zero-order chi connectivity index (χ0) is 10.2. The summed E-state index contributed by atoms with van der Waals surface area (Å²) in [6, 6.07) is 7.11. The lowest BCUT2D eigenvalue weighted by molar-refractivity contribution is -0.314. The zero-order valence-electron chi connectivity index (χ0n) is 7.14. The second-order valence-corrected chi connectivity index (χ2v) is 4.51. The molecular weight excluding hydrogens is 203 g/mol. The molecule has 14 heavy (non-hydrogen) atoms. The Morgan fingerprint density at radius 1 is 1.36 bits per heavy atom. The van der Waals surface area contributed by atoms with Gasteiger partial charge < -0.3 is 19.3 Å². The monoisotopic (exact) mass is 210 g/mol. The highest BCUT2D eigenvalue weighted by molar-refractivity contribution is 7.47. The predicted octanol–water partition coefficient (Wildman–Crippen LogP) is -0.0234. The maximum atomic E-state index is 10.5. The molecule has 0 saturated heterocycles. The maximum absolute atomic E-state index is 10.5. The number of aromatic nitrogens is 2. The maximum Gasteiger partial charge on any atom is 0.112 e. The summed E-state index contributed by atoms with van der Waals surface area (Å²) < 4.78 is 10.5. The van der Waals surface area contributed by atoms with Gasteiger partial charge in [-0.25, -0.2) is 4.98 Å². The first-order chi connectivity index (χ1) is 6.54. The number of benzene rings is 1. The molecule has 0 aliphatic rings. The van der Waals surface area contributed by atoms with E-state index in [0.29, 0.717) is 5.52 Å². The van der Waals surface area contributed by atoms with E-state index in [1.807, 2.05) is 0 Å². The quantitative estimate of drug-likeness (QED) is 0.705. The van der Waals surface area contributed by atoms with Gasteiger partial charge in [0.15, 0.2) is 0 Å². The number of rotatable bonds is 2. The Bertz CT molecular complexity index is 469. The van der Waals surface area contributed by atoms with E-state index in [4.69, 9.17) is 0 Å². The molecule has 5 nitrogen and oxygen atoms in total. The summed E-state index contributed by atoms with van der Waals surface area (Å²) in [7, 11) is -4.54. The van der Waals surface area contributed by atoms with Gasteiger partial charge in [-0.1, -0.05) is 19.7 Å². The summed E-state index contributed by atoms with van der Waals surface area (Å²) in [6.45, 7) is 0. The number of H-pyrrole nitrogens is 1. The van der Waals surface area contributed by atoms with Gasteiger partial charge in [-0.2, -0.15) is 0 Å². The molecule has 0 radical (unpaired) electrons. The molecule has 74 valence electrons. The molecule has 1 aromatic carbocycles. The average molecular weight is 210 g/mol. The molecule has 0 spiro atoms. The Hall–Kier alpha value is -1.16. The first kappa shape index (κ1) is 9.40. The zero-order valence-corrected chi connectivity index (χ0v) is 8.03. The van der Waals surface area contributed by atoms with Gasteiger partial charge in [-0.05, 0) is 12.1 Å². The topological polar surface area (TPSA) is 91.9 Å². The van der Waals surface area contributed by atoms with E-state index in [0.717, 1.165) is 5.52 Å². The molecule has 1 aromatic heterocycles. The van der Waals surface area contributed by atoms with Crippen LogP contribution in [0.4, 0.5) is 0 Å². The normalized spacial score (nSPS) is 12.1. The summed E-state index contributed by atoms with van der Waals surface area (Å²) in [5, 5.41) is 0. The van der Waals surface area contributed by atoms with Gasteiger partial charge in [-0.3, -0.25) is 0 Å². The van der Waals surface area contributed by atoms with E-state index in [2.05, 4.69) is 9.97 Å². The third-order valence-electron chi connectivity index (χ3n) is 1.78. The van der Waals surface area contributed by atoms with Gasteiger partial charge >= 0.3 is 0 Å². The lowest BCUT2D eigenvalue weighted by atomic mass is 10.3. The fourth-order valence-electron chi connectivity index (χ4n) is 1.26. The minimum Gasteiger partial charge on any atom is -0.810 e. The van der Waals surface area contributed by atoms with Crippen molar-refractivity contribution in [1.29, 1.82) is 0 Å². The van der Waals surface area contributed by atoms with Gasteiger partial charge in [0.05, 0.1) is 11.0 Å². The van der Waals surface area contributed by atoms with Crippen molar-refractivity contribution in [2.24, 2.45) is 0 Å². The second kappa shape index (κ2) is 3.20. The van der Waals surface area contributed by atoms with Crippen LogP contribution in [0.2, 0.25) is 0 Å². The number of nitrogens with zero attached hydrogens (tertiary/aromatic N) is 1. The Labute approximate surface area is 80.0 Å². The van der Waals surface area contributed by atoms with Crippen molar-refractivity contribution in [1.82, 2.24) is 9.97 Å². The van der Waals surface area contributed by atoms with Crippen LogP contribution in [-0.2, 0) is 10.7 Å². The van der Waals surface area contributed by atoms with Crippen LogP contribution in [0.5, 0.6) is 0 Å². The molecule has 0 amide bonds. The van der Waals surface area contributed by atoms with E-state index in [1.54, 1.807) is 24.3 Å². The van der Waals surface area contributed by atoms with Crippen molar-refractivity contribution >= 4 is 18.6 Å². The third-order valence-corrected chi connectivity index (χ3v) is 2.47. The predicted molar refractivity (Wildman–Crippen MR) is 47.4 cm³/mol. The SMILES string of the molecule is O=P([O-])([O-])Cc1nc2ccccc2[nH]1. The Morgan fingerprint density at radius 2 is 2.07 bits per heavy atom. The van der Waals surface area contributed by atoms with Crippen molar-refractivity contribution in [2.75, 3.05) is 0 Å². The van der Waals surface area contributed by atoms with Crippen molar-refractivity contribution < 1.29 is 14.4 Å². The Morgan fingerprint density at radius 3 is 2.71 bits per heavy atom. The molecular formula is C8H7N2O3P-2. The molecule has 2 aromatic rings. The van der Waals surface area contributed by atoms with E-state index in [1.165, 1.54) is 0 Å². The summed E-state index contributed by atoms with van der Waals surface area (Å²) in [4.78, 5) is 27.7. The van der Waals surface area contributed by atoms with Crippen LogP contribution in [0.1, 0.15) is 5.82 Å². The van der Waals surface area contributed by atoms with Crippen LogP contribution >= 0.6 is 7.60 Å². The molecule has 6 heteroatoms. The first-order valence-corrected chi connectivity index (χ1v) is 5.72. The van der Waals surface area contributed by atoms with Gasteiger partial charge in [0, 0.05) is 6.16 Å². The number of hydrogen-bond donors (Lipinski definition) is 1. The number of para-hydroxylation sites is 2.